The van der Waals surface area contributed by atoms with Crippen molar-refractivity contribution in [1.29, 1.82) is 0 Å². The van der Waals surface area contributed by atoms with Crippen LogP contribution in [0.15, 0.2) is 24.4 Å². The highest BCUT2D eigenvalue weighted by molar-refractivity contribution is 5.95. The van der Waals surface area contributed by atoms with Crippen molar-refractivity contribution < 1.29 is 18.0 Å². The molecular formula is C17H18F3N3O. The number of fused-ring (bicyclic) bond motifs is 1. The molecule has 1 aromatic heterocycles. The zero-order valence-corrected chi connectivity index (χ0v) is 13.5. The van der Waals surface area contributed by atoms with Crippen molar-refractivity contribution >= 4 is 5.91 Å². The Hall–Kier alpha value is -2.31. The van der Waals surface area contributed by atoms with E-state index in [1.54, 1.807) is 11.0 Å². The standard InChI is InChI=1S/C17H18F3N3O/c1-10-9-23(6-5-11-3-4-12(18)7-13(10)11)17(24)14-8-21-22(2)15(14)16(19)20/h3-4,7-8,10,16H,5-6,9H2,1-2H3. The van der Waals surface area contributed by atoms with Gasteiger partial charge in [0, 0.05) is 20.1 Å². The lowest BCUT2D eigenvalue weighted by Crippen LogP contribution is -2.34. The van der Waals surface area contributed by atoms with Gasteiger partial charge < -0.3 is 4.90 Å². The van der Waals surface area contributed by atoms with Crippen molar-refractivity contribution in [2.75, 3.05) is 13.1 Å². The van der Waals surface area contributed by atoms with Crippen molar-refractivity contribution in [2.45, 2.75) is 25.7 Å². The highest BCUT2D eigenvalue weighted by Crippen LogP contribution is 2.28. The van der Waals surface area contributed by atoms with E-state index in [2.05, 4.69) is 5.10 Å². The molecule has 0 N–H and O–H groups in total. The molecule has 0 spiro atoms. The molecule has 1 aliphatic heterocycles. The molecule has 24 heavy (non-hydrogen) atoms. The molecule has 0 saturated heterocycles. The monoisotopic (exact) mass is 337 g/mol. The van der Waals surface area contributed by atoms with E-state index >= 15 is 0 Å². The zero-order chi connectivity index (χ0) is 17.4. The smallest absolute Gasteiger partial charge is 0.280 e. The molecule has 1 aliphatic rings. The van der Waals surface area contributed by atoms with Gasteiger partial charge in [-0.1, -0.05) is 13.0 Å². The molecule has 2 heterocycles. The molecular weight excluding hydrogens is 319 g/mol. The third-order valence-electron chi connectivity index (χ3n) is 4.49. The number of aromatic nitrogens is 2. The number of hydrogen-bond acceptors (Lipinski definition) is 2. The van der Waals surface area contributed by atoms with Crippen LogP contribution in [0.2, 0.25) is 0 Å². The molecule has 4 nitrogen and oxygen atoms in total. The second kappa shape index (κ2) is 6.30. The van der Waals surface area contributed by atoms with Crippen LogP contribution in [0.25, 0.3) is 0 Å². The molecule has 0 radical (unpaired) electrons. The molecule has 1 aromatic carbocycles. The summed E-state index contributed by atoms with van der Waals surface area (Å²) in [5.74, 6) is -0.847. The van der Waals surface area contributed by atoms with Gasteiger partial charge in [0.15, 0.2) is 0 Å². The summed E-state index contributed by atoms with van der Waals surface area (Å²) in [4.78, 5) is 14.3. The molecule has 7 heteroatoms. The van der Waals surface area contributed by atoms with Crippen LogP contribution in [0, 0.1) is 5.82 Å². The fourth-order valence-corrected chi connectivity index (χ4v) is 3.25. The first-order chi connectivity index (χ1) is 11.4. The van der Waals surface area contributed by atoms with Crippen LogP contribution in [0.5, 0.6) is 0 Å². The zero-order valence-electron chi connectivity index (χ0n) is 13.5. The Morgan fingerprint density at radius 3 is 2.83 bits per heavy atom. The second-order valence-electron chi connectivity index (χ2n) is 6.11. The van der Waals surface area contributed by atoms with Gasteiger partial charge in [-0.2, -0.15) is 5.10 Å². The maximum Gasteiger partial charge on any atom is 0.280 e. The molecule has 128 valence electrons. The van der Waals surface area contributed by atoms with Gasteiger partial charge in [-0.15, -0.1) is 0 Å². The van der Waals surface area contributed by atoms with Gasteiger partial charge in [0.1, 0.15) is 11.5 Å². The SMILES string of the molecule is CC1CN(C(=O)c2cnn(C)c2C(F)F)CCc2ccc(F)cc21. The van der Waals surface area contributed by atoms with E-state index in [-0.39, 0.29) is 23.0 Å². The normalized spacial score (nSPS) is 17.8. The Labute approximate surface area is 137 Å². The highest BCUT2D eigenvalue weighted by Gasteiger charge is 2.29. The summed E-state index contributed by atoms with van der Waals surface area (Å²) in [5, 5.41) is 3.79. The summed E-state index contributed by atoms with van der Waals surface area (Å²) in [6.45, 7) is 2.66. The molecule has 0 bridgehead atoms. The quantitative estimate of drug-likeness (QED) is 0.843. The number of amides is 1. The van der Waals surface area contributed by atoms with E-state index in [9.17, 15) is 18.0 Å². The van der Waals surface area contributed by atoms with Gasteiger partial charge in [-0.05, 0) is 35.6 Å². The first-order valence-electron chi connectivity index (χ1n) is 7.76. The van der Waals surface area contributed by atoms with Crippen LogP contribution < -0.4 is 0 Å². The van der Waals surface area contributed by atoms with Crippen molar-refractivity contribution in [1.82, 2.24) is 14.7 Å². The molecule has 2 aromatic rings. The number of nitrogens with zero attached hydrogens (tertiary/aromatic N) is 3. The van der Waals surface area contributed by atoms with E-state index in [0.29, 0.717) is 19.5 Å². The lowest BCUT2D eigenvalue weighted by molar-refractivity contribution is 0.0740. The number of carbonyl (C=O) groups excluding carboxylic acids is 1. The van der Waals surface area contributed by atoms with Gasteiger partial charge in [-0.25, -0.2) is 13.2 Å². The average Bonchev–Trinajstić information content (AvgIpc) is 2.85. The van der Waals surface area contributed by atoms with Crippen LogP contribution in [0.4, 0.5) is 13.2 Å². The number of carbonyl (C=O) groups is 1. The molecule has 0 saturated carbocycles. The first kappa shape index (κ1) is 16.5. The van der Waals surface area contributed by atoms with Crippen molar-refractivity contribution in [3.8, 4) is 0 Å². The maximum atomic E-state index is 13.5. The van der Waals surface area contributed by atoms with Gasteiger partial charge >= 0.3 is 0 Å². The highest BCUT2D eigenvalue weighted by atomic mass is 19.3. The summed E-state index contributed by atoms with van der Waals surface area (Å²) in [7, 11) is 1.39. The summed E-state index contributed by atoms with van der Waals surface area (Å²) >= 11 is 0. The summed E-state index contributed by atoms with van der Waals surface area (Å²) in [6, 6.07) is 4.62. The van der Waals surface area contributed by atoms with E-state index in [4.69, 9.17) is 0 Å². The first-order valence-corrected chi connectivity index (χ1v) is 7.76. The number of halogens is 3. The van der Waals surface area contributed by atoms with Gasteiger partial charge in [0.05, 0.1) is 11.8 Å². The second-order valence-corrected chi connectivity index (χ2v) is 6.11. The van der Waals surface area contributed by atoms with Crippen molar-refractivity contribution in [2.24, 2.45) is 7.05 Å². The van der Waals surface area contributed by atoms with E-state index < -0.39 is 12.3 Å². The van der Waals surface area contributed by atoms with Gasteiger partial charge in [-0.3, -0.25) is 9.48 Å². The topological polar surface area (TPSA) is 38.1 Å². The number of aryl methyl sites for hydroxylation is 1. The Bertz CT molecular complexity index is 772. The number of alkyl halides is 2. The molecule has 1 amide bonds. The molecule has 1 atom stereocenters. The van der Waals surface area contributed by atoms with Crippen molar-refractivity contribution in [3.05, 3.63) is 52.6 Å². The molecule has 0 aliphatic carbocycles. The largest absolute Gasteiger partial charge is 0.338 e. The third kappa shape index (κ3) is 2.90. The predicted octanol–water partition coefficient (Wildman–Crippen LogP) is 3.30. The maximum absolute atomic E-state index is 13.5. The Kier molecular flexibility index (Phi) is 4.34. The fraction of sp³-hybridized carbons (Fsp3) is 0.412. The number of rotatable bonds is 2. The summed E-state index contributed by atoms with van der Waals surface area (Å²) < 4.78 is 40.9. The Morgan fingerprint density at radius 1 is 1.38 bits per heavy atom. The average molecular weight is 337 g/mol. The van der Waals surface area contributed by atoms with Crippen LogP contribution in [-0.2, 0) is 13.5 Å². The lowest BCUT2D eigenvalue weighted by Gasteiger charge is -2.23. The van der Waals surface area contributed by atoms with E-state index in [1.165, 1.54) is 25.4 Å². The molecule has 3 rings (SSSR count). The summed E-state index contributed by atoms with van der Waals surface area (Å²) in [6.07, 6.45) is -1.02. The molecule has 1 unspecified atom stereocenters. The minimum Gasteiger partial charge on any atom is -0.338 e. The Morgan fingerprint density at radius 2 is 2.12 bits per heavy atom. The van der Waals surface area contributed by atoms with Crippen LogP contribution in [0.3, 0.4) is 0 Å². The van der Waals surface area contributed by atoms with Crippen LogP contribution >= 0.6 is 0 Å². The van der Waals surface area contributed by atoms with Gasteiger partial charge in [0.25, 0.3) is 12.3 Å². The predicted molar refractivity (Wildman–Crippen MR) is 82.6 cm³/mol. The van der Waals surface area contributed by atoms with Gasteiger partial charge in [0.2, 0.25) is 0 Å². The minimum atomic E-state index is -2.77. The minimum absolute atomic E-state index is 0.0724. The number of hydrogen-bond donors (Lipinski definition) is 0. The lowest BCUT2D eigenvalue weighted by atomic mass is 9.95. The molecule has 0 fully saturated rings. The fourth-order valence-electron chi connectivity index (χ4n) is 3.25. The number of benzene rings is 1. The van der Waals surface area contributed by atoms with E-state index in [0.717, 1.165) is 15.8 Å². The van der Waals surface area contributed by atoms with E-state index in [1.807, 2.05) is 6.92 Å². The third-order valence-corrected chi connectivity index (χ3v) is 4.49. The van der Waals surface area contributed by atoms with Crippen LogP contribution in [-0.4, -0.2) is 33.7 Å². The Balaban J connectivity index is 1.88. The summed E-state index contributed by atoms with van der Waals surface area (Å²) in [5.41, 5.74) is 1.40. The van der Waals surface area contributed by atoms with Crippen molar-refractivity contribution in [3.63, 3.8) is 0 Å². The van der Waals surface area contributed by atoms with Crippen LogP contribution in [0.1, 0.15) is 46.4 Å².